The van der Waals surface area contributed by atoms with Crippen molar-refractivity contribution in [2.45, 2.75) is 96.4 Å². The predicted octanol–water partition coefficient (Wildman–Crippen LogP) is 5.62. The van der Waals surface area contributed by atoms with Crippen LogP contribution >= 0.6 is 0 Å². The minimum absolute atomic E-state index is 0.0597. The first-order valence-electron chi connectivity index (χ1n) is 21.3. The molecular formula is C44H60N8O6. The summed E-state index contributed by atoms with van der Waals surface area (Å²) in [5.74, 6) is -0.156. The van der Waals surface area contributed by atoms with Gasteiger partial charge in [-0.1, -0.05) is 50.5 Å². The fourth-order valence-electron chi connectivity index (χ4n) is 9.00. The van der Waals surface area contributed by atoms with Crippen molar-refractivity contribution in [2.24, 2.45) is 0 Å². The third-order valence-corrected chi connectivity index (χ3v) is 12.5. The molecule has 0 unspecified atom stereocenters. The lowest BCUT2D eigenvalue weighted by molar-refractivity contribution is -0.135. The van der Waals surface area contributed by atoms with Crippen LogP contribution in [0, 0.1) is 6.92 Å². The van der Waals surface area contributed by atoms with E-state index < -0.39 is 12.2 Å². The number of piperidine rings is 2. The van der Waals surface area contributed by atoms with E-state index in [9.17, 15) is 19.2 Å². The van der Waals surface area contributed by atoms with Crippen molar-refractivity contribution in [3.63, 3.8) is 0 Å². The van der Waals surface area contributed by atoms with E-state index in [4.69, 9.17) is 9.47 Å². The lowest BCUT2D eigenvalue weighted by Crippen LogP contribution is -2.59. The summed E-state index contributed by atoms with van der Waals surface area (Å²) < 4.78 is 12.2. The number of ether oxygens (including phenoxy) is 2. The van der Waals surface area contributed by atoms with Crippen molar-refractivity contribution >= 4 is 39.9 Å². The van der Waals surface area contributed by atoms with Crippen LogP contribution in [-0.4, -0.2) is 131 Å². The van der Waals surface area contributed by atoms with Crippen molar-refractivity contribution in [3.8, 4) is 0 Å². The molecule has 0 bridgehead atoms. The Balaban J connectivity index is 1.01. The number of likely N-dealkylation sites (tertiary alicyclic amines) is 2. The SMILES string of the molecule is CCCCCCOC(=O)OCn1c(=O)c(C2CCN(C(=O)N[C@H](Cc3cc(C)c4[nH]ncc4c3)C(=O)N3CCN(C4CCN(C)CC4)CC3)CC2)cc2ccccc21. The van der Waals surface area contributed by atoms with E-state index in [0.717, 1.165) is 92.1 Å². The van der Waals surface area contributed by atoms with Gasteiger partial charge in [0.15, 0.2) is 6.73 Å². The van der Waals surface area contributed by atoms with Gasteiger partial charge in [-0.3, -0.25) is 24.2 Å². The molecule has 4 aromatic rings. The Morgan fingerprint density at radius 2 is 1.64 bits per heavy atom. The number of aromatic amines is 1. The average Bonchev–Trinajstić information content (AvgIpc) is 3.72. The number of benzene rings is 2. The first-order chi connectivity index (χ1) is 28.2. The third-order valence-electron chi connectivity index (χ3n) is 12.5. The van der Waals surface area contributed by atoms with E-state index in [2.05, 4.69) is 45.4 Å². The van der Waals surface area contributed by atoms with Crippen LogP contribution in [0.5, 0.6) is 0 Å². The number of nitrogens with one attached hydrogen (secondary N) is 2. The second kappa shape index (κ2) is 19.2. The molecule has 2 aromatic carbocycles. The van der Waals surface area contributed by atoms with Crippen molar-refractivity contribution in [1.82, 2.24) is 39.7 Å². The number of carbonyl (C=O) groups is 3. The number of fused-ring (bicyclic) bond motifs is 2. The van der Waals surface area contributed by atoms with Crippen LogP contribution in [0.4, 0.5) is 9.59 Å². The second-order valence-electron chi connectivity index (χ2n) is 16.4. The summed E-state index contributed by atoms with van der Waals surface area (Å²) in [7, 11) is 2.17. The van der Waals surface area contributed by atoms with Gasteiger partial charge in [0.25, 0.3) is 5.56 Å². The van der Waals surface area contributed by atoms with Crippen LogP contribution in [0.1, 0.15) is 80.9 Å². The highest BCUT2D eigenvalue weighted by molar-refractivity contribution is 5.88. The van der Waals surface area contributed by atoms with Gasteiger partial charge in [-0.25, -0.2) is 9.59 Å². The number of amides is 3. The Hall–Kier alpha value is -4.95. The van der Waals surface area contributed by atoms with E-state index in [1.54, 1.807) is 11.1 Å². The van der Waals surface area contributed by atoms with Crippen molar-refractivity contribution in [2.75, 3.05) is 66.0 Å². The molecule has 3 aliphatic rings. The monoisotopic (exact) mass is 796 g/mol. The van der Waals surface area contributed by atoms with Crippen LogP contribution in [0.2, 0.25) is 0 Å². The van der Waals surface area contributed by atoms with Crippen LogP contribution in [0.15, 0.2) is 53.5 Å². The molecule has 58 heavy (non-hydrogen) atoms. The largest absolute Gasteiger partial charge is 0.510 e. The maximum absolute atomic E-state index is 14.3. The zero-order valence-electron chi connectivity index (χ0n) is 34.4. The number of aromatic nitrogens is 3. The van der Waals surface area contributed by atoms with Gasteiger partial charge in [0.1, 0.15) is 6.04 Å². The van der Waals surface area contributed by atoms with Gasteiger partial charge in [-0.2, -0.15) is 5.10 Å². The summed E-state index contributed by atoms with van der Waals surface area (Å²) in [6, 6.07) is 13.1. The number of urea groups is 1. The molecule has 3 fully saturated rings. The van der Waals surface area contributed by atoms with Crippen molar-refractivity contribution < 1.29 is 23.9 Å². The molecule has 2 aromatic heterocycles. The highest BCUT2D eigenvalue weighted by Gasteiger charge is 2.34. The number of aryl methyl sites for hydroxylation is 1. The maximum atomic E-state index is 14.3. The molecule has 7 rings (SSSR count). The summed E-state index contributed by atoms with van der Waals surface area (Å²) in [4.78, 5) is 63.3. The number of carbonyl (C=O) groups excluding carboxylic acids is 3. The molecule has 0 spiro atoms. The van der Waals surface area contributed by atoms with E-state index in [1.807, 2.05) is 48.2 Å². The van der Waals surface area contributed by atoms with Gasteiger partial charge in [0, 0.05) is 62.7 Å². The molecule has 1 atom stereocenters. The fourth-order valence-corrected chi connectivity index (χ4v) is 9.00. The summed E-state index contributed by atoms with van der Waals surface area (Å²) in [5, 5.41) is 12.2. The van der Waals surface area contributed by atoms with Gasteiger partial charge < -0.3 is 29.5 Å². The minimum Gasteiger partial charge on any atom is -0.434 e. The fraction of sp³-hybridized carbons (Fsp3) is 0.568. The van der Waals surface area contributed by atoms with Crippen LogP contribution in [0.3, 0.4) is 0 Å². The Kier molecular flexibility index (Phi) is 13.6. The van der Waals surface area contributed by atoms with Crippen LogP contribution in [-0.2, 0) is 27.4 Å². The van der Waals surface area contributed by atoms with Gasteiger partial charge in [-0.05, 0) is 99.8 Å². The van der Waals surface area contributed by atoms with E-state index in [-0.39, 0.29) is 36.8 Å². The van der Waals surface area contributed by atoms with Gasteiger partial charge in [0.05, 0.1) is 23.8 Å². The molecule has 0 aliphatic carbocycles. The zero-order chi connectivity index (χ0) is 40.6. The number of para-hydroxylation sites is 1. The summed E-state index contributed by atoms with van der Waals surface area (Å²) in [6.07, 6.45) is 8.74. The Morgan fingerprint density at radius 3 is 2.40 bits per heavy atom. The summed E-state index contributed by atoms with van der Waals surface area (Å²) in [5.41, 5.74) is 4.05. The number of nitrogens with zero attached hydrogens (tertiary/aromatic N) is 6. The van der Waals surface area contributed by atoms with Gasteiger partial charge >= 0.3 is 12.2 Å². The lowest BCUT2D eigenvalue weighted by Gasteiger charge is -2.43. The van der Waals surface area contributed by atoms with Crippen molar-refractivity contribution in [3.05, 3.63) is 75.7 Å². The lowest BCUT2D eigenvalue weighted by atomic mass is 9.89. The van der Waals surface area contributed by atoms with Crippen LogP contribution < -0.4 is 10.9 Å². The van der Waals surface area contributed by atoms with Gasteiger partial charge in [-0.15, -0.1) is 0 Å². The molecule has 0 radical (unpaired) electrons. The molecule has 3 saturated heterocycles. The number of piperazine rings is 1. The van der Waals surface area contributed by atoms with Gasteiger partial charge in [0.2, 0.25) is 5.91 Å². The number of H-pyrrole nitrogens is 1. The number of rotatable bonds is 13. The van der Waals surface area contributed by atoms with E-state index in [1.165, 1.54) is 4.57 Å². The zero-order valence-corrected chi connectivity index (χ0v) is 34.4. The first kappa shape index (κ1) is 41.2. The molecule has 14 nitrogen and oxygen atoms in total. The minimum atomic E-state index is -0.791. The molecule has 312 valence electrons. The third kappa shape index (κ3) is 9.83. The average molecular weight is 797 g/mol. The maximum Gasteiger partial charge on any atom is 0.510 e. The Bertz CT molecular complexity index is 2090. The van der Waals surface area contributed by atoms with E-state index >= 15 is 0 Å². The molecule has 14 heteroatoms. The number of pyridine rings is 1. The standard InChI is InChI=1S/C44H60N8O6/c1-4-5-6-9-24-57-44(56)58-30-52-39-11-8-7-10-34(39)28-37(41(52)53)33-12-18-51(19-13-33)43(55)46-38(27-32-25-31(2)40-35(26-32)29-45-47-40)42(54)50-22-20-49(21-23-50)36-14-16-48(3)17-15-36/h7-8,10-11,25-26,28-29,33,36,38H,4-6,9,12-24,27,30H2,1-3H3,(H,45,47)(H,46,55)/t38-/m1/s1. The molecule has 2 N–H and O–H groups in total. The summed E-state index contributed by atoms with van der Waals surface area (Å²) >= 11 is 0. The topological polar surface area (TPSA) is 145 Å². The molecule has 3 aliphatic heterocycles. The predicted molar refractivity (Wildman–Crippen MR) is 224 cm³/mol. The normalized spacial score (nSPS) is 18.1. The highest BCUT2D eigenvalue weighted by atomic mass is 16.7. The first-order valence-corrected chi connectivity index (χ1v) is 21.3. The second-order valence-corrected chi connectivity index (χ2v) is 16.4. The number of unbranched alkanes of at least 4 members (excludes halogenated alkanes) is 3. The molecule has 5 heterocycles. The number of hydrogen-bond acceptors (Lipinski definition) is 9. The Labute approximate surface area is 340 Å². The quantitative estimate of drug-likeness (QED) is 0.130. The smallest absolute Gasteiger partial charge is 0.434 e. The van der Waals surface area contributed by atoms with Crippen LogP contribution in [0.25, 0.3) is 21.8 Å². The van der Waals surface area contributed by atoms with Crippen molar-refractivity contribution in [1.29, 1.82) is 0 Å². The Morgan fingerprint density at radius 1 is 0.879 bits per heavy atom. The van der Waals surface area contributed by atoms with E-state index in [0.29, 0.717) is 62.6 Å². The highest BCUT2D eigenvalue weighted by Crippen LogP contribution is 2.29. The molecule has 3 amide bonds. The molecular weight excluding hydrogens is 737 g/mol. The molecule has 0 saturated carbocycles. The summed E-state index contributed by atoms with van der Waals surface area (Å²) in [6.45, 7) is 10.2. The number of hydrogen-bond donors (Lipinski definition) is 2.